The van der Waals surface area contributed by atoms with Crippen molar-refractivity contribution in [2.45, 2.75) is 142 Å². The molecule has 0 saturated carbocycles. The molecule has 362 valence electrons. The number of aliphatic hydroxyl groups is 1. The van der Waals surface area contributed by atoms with Crippen LogP contribution in [0.5, 0.6) is 0 Å². The van der Waals surface area contributed by atoms with Gasteiger partial charge in [0.25, 0.3) is 5.56 Å². The molecular weight excluding hydrogens is 865 g/mol. The summed E-state index contributed by atoms with van der Waals surface area (Å²) in [6.07, 6.45) is -3.64. The van der Waals surface area contributed by atoms with Gasteiger partial charge in [-0.25, -0.2) is 24.0 Å². The van der Waals surface area contributed by atoms with Gasteiger partial charge in [0.05, 0.1) is 12.7 Å². The monoisotopic (exact) mass is 931 g/mol. The van der Waals surface area contributed by atoms with Crippen molar-refractivity contribution < 1.29 is 62.0 Å². The number of aromatic amines is 1. The molecule has 1 saturated heterocycles. The topological polar surface area (TPSA) is 297 Å². The van der Waals surface area contributed by atoms with Crippen LogP contribution >= 0.6 is 7.60 Å². The van der Waals surface area contributed by atoms with Crippen LogP contribution in [0, 0.1) is 0 Å². The first-order valence-corrected chi connectivity index (χ1v) is 23.0. The van der Waals surface area contributed by atoms with Crippen LogP contribution in [0.25, 0.3) is 0 Å². The molecule has 5 N–H and O–H groups in total. The van der Waals surface area contributed by atoms with Gasteiger partial charge >= 0.3 is 37.7 Å². The van der Waals surface area contributed by atoms with E-state index in [4.69, 9.17) is 28.2 Å². The summed E-state index contributed by atoms with van der Waals surface area (Å²) in [4.78, 5) is 89.8. The van der Waals surface area contributed by atoms with E-state index in [2.05, 4.69) is 20.9 Å². The Hall–Kier alpha value is -5.03. The average Bonchev–Trinajstić information content (AvgIpc) is 3.71. The first-order chi connectivity index (χ1) is 29.6. The zero-order valence-electron chi connectivity index (χ0n) is 38.4. The number of amides is 4. The smallest absolute Gasteiger partial charge is 0.410 e. The second-order valence-corrected chi connectivity index (χ2v) is 20.0. The van der Waals surface area contributed by atoms with Gasteiger partial charge in [-0.15, -0.1) is 5.10 Å². The minimum atomic E-state index is -4.19. The molecule has 1 fully saturated rings. The van der Waals surface area contributed by atoms with Gasteiger partial charge in [-0.1, -0.05) is 5.21 Å². The molecule has 3 rings (SSSR count). The van der Waals surface area contributed by atoms with E-state index in [0.29, 0.717) is 70.6 Å². The van der Waals surface area contributed by atoms with Gasteiger partial charge in [0.1, 0.15) is 47.4 Å². The lowest BCUT2D eigenvalue weighted by molar-refractivity contribution is -0.0565. The normalized spacial score (nSPS) is 18.7. The van der Waals surface area contributed by atoms with Gasteiger partial charge in [-0.2, -0.15) is 0 Å². The number of aliphatic hydroxyl groups excluding tert-OH is 1. The lowest BCUT2D eigenvalue weighted by Gasteiger charge is -2.29. The second-order valence-electron chi connectivity index (χ2n) is 18.1. The summed E-state index contributed by atoms with van der Waals surface area (Å²) in [7, 11) is -4.19. The molecule has 1 aliphatic heterocycles. The van der Waals surface area contributed by atoms with Crippen molar-refractivity contribution in [3.8, 4) is 0 Å². The number of hydrogen-bond acceptors (Lipinski definition) is 16. The van der Waals surface area contributed by atoms with E-state index in [1.54, 1.807) is 83.0 Å². The summed E-state index contributed by atoms with van der Waals surface area (Å²) >= 11 is 0. The fourth-order valence-electron chi connectivity index (χ4n) is 6.01. The first kappa shape index (κ1) is 53.3. The SMILES string of the molecule is CC(C)(C)OC(=O)NCCCN(CCCCN(CCCn1cc(CNC(=O)OC[C@H]2O[C@@H](n3ccc(=O)[nH]c3=O)C(O)[C@H]2OP(C)(=O)O)nn1)C(=O)OC(C)(C)C)C(=O)OC(C)(C)C. The number of aryl methyl sites for hydroxylation is 1. The molecule has 0 aromatic carbocycles. The number of carbonyl (C=O) groups excluding carboxylic acids is 4. The lowest BCUT2D eigenvalue weighted by atomic mass is 10.1. The van der Waals surface area contributed by atoms with Gasteiger partial charge < -0.3 is 54.1 Å². The number of rotatable bonds is 20. The van der Waals surface area contributed by atoms with Crippen molar-refractivity contribution in [2.75, 3.05) is 46.0 Å². The number of ether oxygens (including phenoxy) is 5. The number of alkyl carbamates (subject to hydrolysis) is 2. The third-order valence-corrected chi connectivity index (χ3v) is 9.26. The van der Waals surface area contributed by atoms with Crippen molar-refractivity contribution in [1.82, 2.24) is 45.0 Å². The van der Waals surface area contributed by atoms with Crippen LogP contribution < -0.4 is 21.9 Å². The zero-order chi connectivity index (χ0) is 48.0. The van der Waals surface area contributed by atoms with E-state index < -0.39 is 91.2 Å². The van der Waals surface area contributed by atoms with Crippen molar-refractivity contribution in [1.29, 1.82) is 0 Å². The molecule has 0 bridgehead atoms. The van der Waals surface area contributed by atoms with Crippen molar-refractivity contribution in [2.24, 2.45) is 0 Å². The molecule has 0 aliphatic carbocycles. The molecule has 4 amide bonds. The van der Waals surface area contributed by atoms with E-state index in [0.717, 1.165) is 23.5 Å². The Balaban J connectivity index is 1.51. The zero-order valence-corrected chi connectivity index (χ0v) is 39.3. The maximum Gasteiger partial charge on any atom is 0.410 e. The lowest BCUT2D eigenvalue weighted by Crippen LogP contribution is -2.40. The number of H-pyrrole nitrogens is 1. The average molecular weight is 932 g/mol. The van der Waals surface area contributed by atoms with Crippen LogP contribution in [0.1, 0.15) is 99.9 Å². The van der Waals surface area contributed by atoms with Crippen molar-refractivity contribution in [3.05, 3.63) is 45.0 Å². The highest BCUT2D eigenvalue weighted by atomic mass is 31.2. The highest BCUT2D eigenvalue weighted by Gasteiger charge is 2.48. The molecule has 2 aromatic heterocycles. The summed E-state index contributed by atoms with van der Waals surface area (Å²) in [5, 5.41) is 24.2. The van der Waals surface area contributed by atoms with Crippen molar-refractivity contribution in [3.63, 3.8) is 0 Å². The third-order valence-electron chi connectivity index (χ3n) is 8.63. The van der Waals surface area contributed by atoms with Crippen LogP contribution in [-0.2, 0) is 45.9 Å². The summed E-state index contributed by atoms with van der Waals surface area (Å²) < 4.78 is 47.0. The van der Waals surface area contributed by atoms with Crippen LogP contribution in [0.2, 0.25) is 0 Å². The van der Waals surface area contributed by atoms with Crippen LogP contribution in [0.4, 0.5) is 19.2 Å². The molecule has 1 aliphatic rings. The van der Waals surface area contributed by atoms with Gasteiger partial charge in [0.2, 0.25) is 0 Å². The van der Waals surface area contributed by atoms with Crippen LogP contribution in [-0.4, -0.2) is 150 Å². The molecule has 64 heavy (non-hydrogen) atoms. The number of nitrogens with one attached hydrogen (secondary N) is 3. The molecule has 0 radical (unpaired) electrons. The van der Waals surface area contributed by atoms with E-state index >= 15 is 0 Å². The molecule has 5 atom stereocenters. The number of hydrogen-bond donors (Lipinski definition) is 5. The van der Waals surface area contributed by atoms with Crippen LogP contribution in [0.15, 0.2) is 28.0 Å². The molecule has 2 unspecified atom stereocenters. The Morgan fingerprint density at radius 1 is 0.859 bits per heavy atom. The molecule has 2 aromatic rings. The molecule has 0 spiro atoms. The minimum Gasteiger partial charge on any atom is -0.447 e. The second kappa shape index (κ2) is 23.2. The molecule has 3 heterocycles. The van der Waals surface area contributed by atoms with E-state index in [-0.39, 0.29) is 6.54 Å². The number of unbranched alkanes of at least 4 members (excludes halogenated alkanes) is 1. The fourth-order valence-corrected chi connectivity index (χ4v) is 6.72. The summed E-state index contributed by atoms with van der Waals surface area (Å²) in [5.74, 6) is 0. The Morgan fingerprint density at radius 2 is 1.42 bits per heavy atom. The summed E-state index contributed by atoms with van der Waals surface area (Å²) in [5.41, 5.74) is -3.32. The fraction of sp³-hybridized carbons (Fsp3) is 0.744. The predicted molar refractivity (Wildman–Crippen MR) is 228 cm³/mol. The van der Waals surface area contributed by atoms with Gasteiger partial charge in [-0.3, -0.25) is 28.1 Å². The van der Waals surface area contributed by atoms with Gasteiger partial charge in [0.15, 0.2) is 6.23 Å². The quantitative estimate of drug-likeness (QED) is 0.0724. The predicted octanol–water partition coefficient (Wildman–Crippen LogP) is 3.07. The number of carbonyl (C=O) groups is 4. The maximum absolute atomic E-state index is 13.2. The highest BCUT2D eigenvalue weighted by molar-refractivity contribution is 7.51. The Labute approximate surface area is 371 Å². The van der Waals surface area contributed by atoms with Crippen LogP contribution in [0.3, 0.4) is 0 Å². The first-order valence-electron chi connectivity index (χ1n) is 20.9. The number of aromatic nitrogens is 5. The molecule has 25 heteroatoms. The van der Waals surface area contributed by atoms with Crippen molar-refractivity contribution >= 4 is 32.0 Å². The highest BCUT2D eigenvalue weighted by Crippen LogP contribution is 2.44. The minimum absolute atomic E-state index is 0.103. The van der Waals surface area contributed by atoms with Gasteiger partial charge in [0, 0.05) is 58.2 Å². The Bertz CT molecular complexity index is 2020. The van der Waals surface area contributed by atoms with Gasteiger partial charge in [-0.05, 0) is 88.0 Å². The Morgan fingerprint density at radius 3 is 1.97 bits per heavy atom. The standard InChI is InChI=1S/C39H66N9O15P/c1-37(2,3)60-34(53)40-16-13-19-45(35(54)61-38(4,5)6)17-11-12-18-46(36(55)62-39(7,8)9)20-14-21-47-24-26(43-44-47)23-41-33(52)58-25-27-30(63-64(10,56)57)29(50)31(59-27)48-22-15-28(49)42-32(48)51/h15,22,24,27,29-31,50H,11-14,16-21,23,25H2,1-10H3,(H,40,53)(H,41,52)(H,56,57)(H,42,49,51)/t27-,29?,30+,31-/m1/s1. The number of nitrogens with zero attached hydrogens (tertiary/aromatic N) is 6. The molecule has 24 nitrogen and oxygen atoms in total. The largest absolute Gasteiger partial charge is 0.447 e. The Kier molecular flexibility index (Phi) is 19.4. The third kappa shape index (κ3) is 19.8. The van der Waals surface area contributed by atoms with E-state index in [1.165, 1.54) is 0 Å². The summed E-state index contributed by atoms with van der Waals surface area (Å²) in [6, 6.07) is 1.02. The summed E-state index contributed by atoms with van der Waals surface area (Å²) in [6.45, 7) is 18.2. The molecular formula is C39H66N9O15P. The van der Waals surface area contributed by atoms with E-state index in [9.17, 15) is 43.3 Å². The maximum atomic E-state index is 13.2. The van der Waals surface area contributed by atoms with E-state index in [1.807, 2.05) is 4.98 Å².